The maximum atomic E-state index is 13.0. The van der Waals surface area contributed by atoms with Gasteiger partial charge < -0.3 is 4.74 Å². The molecular weight excluding hydrogens is 342 g/mol. The van der Waals surface area contributed by atoms with Crippen LogP contribution in [0.3, 0.4) is 0 Å². The van der Waals surface area contributed by atoms with Crippen molar-refractivity contribution >= 4 is 17.4 Å². The molecule has 0 saturated carbocycles. The fourth-order valence-corrected chi connectivity index (χ4v) is 2.83. The number of nitrogens with one attached hydrogen (secondary N) is 1. The summed E-state index contributed by atoms with van der Waals surface area (Å²) in [5.74, 6) is -0.430. The minimum Gasteiger partial charge on any atom is -0.469 e. The monoisotopic (exact) mass is 363 g/mol. The first-order valence-electron chi connectivity index (χ1n) is 8.58. The molecule has 0 fully saturated rings. The lowest BCUT2D eigenvalue weighted by molar-refractivity contribution is -0.139. The summed E-state index contributed by atoms with van der Waals surface area (Å²) in [4.78, 5) is 29.4. The van der Waals surface area contributed by atoms with E-state index in [1.807, 2.05) is 61.5 Å². The summed E-state index contributed by atoms with van der Waals surface area (Å²) in [6, 6.07) is 16.9. The molecule has 3 rings (SSSR count). The van der Waals surface area contributed by atoms with E-state index in [0.717, 1.165) is 11.3 Å². The van der Waals surface area contributed by atoms with Gasteiger partial charge in [-0.1, -0.05) is 35.9 Å². The molecule has 0 radical (unpaired) electrons. The Morgan fingerprint density at radius 1 is 1.11 bits per heavy atom. The summed E-state index contributed by atoms with van der Waals surface area (Å²) >= 11 is 0. The molecule has 1 heterocycles. The molecular formula is C21H21N3O3. The van der Waals surface area contributed by atoms with Gasteiger partial charge in [-0.05, 0) is 38.1 Å². The molecule has 0 saturated heterocycles. The third kappa shape index (κ3) is 4.06. The van der Waals surface area contributed by atoms with Crippen LogP contribution < -0.4 is 5.56 Å². The van der Waals surface area contributed by atoms with Crippen molar-refractivity contribution in [3.05, 3.63) is 81.8 Å². The molecule has 27 heavy (non-hydrogen) atoms. The van der Waals surface area contributed by atoms with Crippen LogP contribution in [-0.2, 0) is 16.0 Å². The zero-order valence-corrected chi connectivity index (χ0v) is 15.5. The van der Waals surface area contributed by atoms with Crippen molar-refractivity contribution in [2.45, 2.75) is 20.3 Å². The minimum absolute atomic E-state index is 0.0400. The first-order valence-corrected chi connectivity index (χ1v) is 8.58. The summed E-state index contributed by atoms with van der Waals surface area (Å²) < 4.78 is 6.18. The number of aromatic amines is 1. The highest BCUT2D eigenvalue weighted by molar-refractivity contribution is 6.01. The lowest BCUT2D eigenvalue weighted by atomic mass is 10.1. The Morgan fingerprint density at radius 2 is 1.78 bits per heavy atom. The molecule has 0 aliphatic heterocycles. The van der Waals surface area contributed by atoms with Gasteiger partial charge in [0.05, 0.1) is 41.9 Å². The van der Waals surface area contributed by atoms with E-state index in [4.69, 9.17) is 4.74 Å². The van der Waals surface area contributed by atoms with Crippen LogP contribution in [0.2, 0.25) is 0 Å². The number of aliphatic imine (C=N–C) groups is 1. The van der Waals surface area contributed by atoms with E-state index in [1.54, 1.807) is 6.92 Å². The van der Waals surface area contributed by atoms with Gasteiger partial charge in [0.1, 0.15) is 0 Å². The van der Waals surface area contributed by atoms with Gasteiger partial charge in [-0.25, -0.2) is 4.68 Å². The molecule has 0 bridgehead atoms. The average Bonchev–Trinajstić information content (AvgIpc) is 3.00. The van der Waals surface area contributed by atoms with E-state index in [1.165, 1.54) is 11.8 Å². The number of para-hydroxylation sites is 1. The van der Waals surface area contributed by atoms with E-state index in [-0.39, 0.29) is 12.0 Å². The van der Waals surface area contributed by atoms with Gasteiger partial charge in [0.2, 0.25) is 0 Å². The molecule has 3 aromatic rings. The van der Waals surface area contributed by atoms with Crippen molar-refractivity contribution in [1.29, 1.82) is 0 Å². The number of hydrogen-bond donors (Lipinski definition) is 1. The van der Waals surface area contributed by atoms with Crippen LogP contribution in [0, 0.1) is 6.92 Å². The predicted octanol–water partition coefficient (Wildman–Crippen LogP) is 3.33. The number of rotatable bonds is 5. The van der Waals surface area contributed by atoms with Gasteiger partial charge in [0, 0.05) is 0 Å². The molecule has 1 N–H and O–H groups in total. The van der Waals surface area contributed by atoms with Crippen molar-refractivity contribution in [3.8, 4) is 5.69 Å². The van der Waals surface area contributed by atoms with E-state index >= 15 is 0 Å². The van der Waals surface area contributed by atoms with Crippen LogP contribution in [0.4, 0.5) is 5.69 Å². The Balaban J connectivity index is 2.11. The quantitative estimate of drug-likeness (QED) is 0.558. The highest BCUT2D eigenvalue weighted by atomic mass is 16.5. The minimum atomic E-state index is -0.430. The molecule has 6 nitrogen and oxygen atoms in total. The number of benzene rings is 2. The lowest BCUT2D eigenvalue weighted by Gasteiger charge is -2.02. The second-order valence-corrected chi connectivity index (χ2v) is 6.23. The smallest absolute Gasteiger partial charge is 0.311 e. The normalized spacial score (nSPS) is 11.4. The molecule has 138 valence electrons. The molecule has 0 spiro atoms. The standard InChI is InChI=1S/C21H21N3O3/c1-14-9-11-16(12-10-14)22-15(2)20-18(13-19(25)27-3)23-24(21(20)26)17-7-5-4-6-8-17/h4-12,23H,13H2,1-3H3. The van der Waals surface area contributed by atoms with Gasteiger partial charge in [0.25, 0.3) is 5.56 Å². The fraction of sp³-hybridized carbons (Fsp3) is 0.190. The maximum Gasteiger partial charge on any atom is 0.311 e. The van der Waals surface area contributed by atoms with Crippen LogP contribution in [0.5, 0.6) is 0 Å². The second-order valence-electron chi connectivity index (χ2n) is 6.23. The topological polar surface area (TPSA) is 76.5 Å². The first-order chi connectivity index (χ1) is 13.0. The van der Waals surface area contributed by atoms with Crippen LogP contribution in [0.15, 0.2) is 64.4 Å². The van der Waals surface area contributed by atoms with Gasteiger partial charge in [-0.15, -0.1) is 0 Å². The molecule has 1 aromatic heterocycles. The van der Waals surface area contributed by atoms with Gasteiger partial charge in [-0.3, -0.25) is 19.7 Å². The van der Waals surface area contributed by atoms with E-state index in [2.05, 4.69) is 10.1 Å². The number of carbonyl (C=O) groups excluding carboxylic acids is 1. The molecule has 2 aromatic carbocycles. The number of carbonyl (C=O) groups is 1. The third-order valence-corrected chi connectivity index (χ3v) is 4.22. The number of aromatic nitrogens is 2. The van der Waals surface area contributed by atoms with Crippen molar-refractivity contribution in [3.63, 3.8) is 0 Å². The molecule has 0 aliphatic carbocycles. The Bertz CT molecular complexity index is 1030. The Kier molecular flexibility index (Phi) is 5.35. The Hall–Kier alpha value is -3.41. The number of esters is 1. The largest absolute Gasteiger partial charge is 0.469 e. The van der Waals surface area contributed by atoms with Crippen LogP contribution in [-0.4, -0.2) is 28.6 Å². The Morgan fingerprint density at radius 3 is 2.41 bits per heavy atom. The fourth-order valence-electron chi connectivity index (χ4n) is 2.83. The number of nitrogens with zero attached hydrogens (tertiary/aromatic N) is 2. The molecule has 0 atom stereocenters. The zero-order valence-electron chi connectivity index (χ0n) is 15.5. The zero-order chi connectivity index (χ0) is 19.4. The predicted molar refractivity (Wildman–Crippen MR) is 105 cm³/mol. The second kappa shape index (κ2) is 7.86. The van der Waals surface area contributed by atoms with E-state index in [0.29, 0.717) is 22.7 Å². The number of H-pyrrole nitrogens is 1. The van der Waals surface area contributed by atoms with Crippen LogP contribution in [0.25, 0.3) is 5.69 Å². The average molecular weight is 363 g/mol. The van der Waals surface area contributed by atoms with Crippen molar-refractivity contribution < 1.29 is 9.53 Å². The summed E-state index contributed by atoms with van der Waals surface area (Å²) in [5.41, 5.74) is 3.69. The highest BCUT2D eigenvalue weighted by Crippen LogP contribution is 2.16. The van der Waals surface area contributed by atoms with E-state index in [9.17, 15) is 9.59 Å². The summed E-state index contributed by atoms with van der Waals surface area (Å²) in [6.07, 6.45) is -0.0400. The van der Waals surface area contributed by atoms with Crippen LogP contribution in [0.1, 0.15) is 23.7 Å². The van der Waals surface area contributed by atoms with E-state index < -0.39 is 5.97 Å². The first kappa shape index (κ1) is 18.4. The summed E-state index contributed by atoms with van der Waals surface area (Å²) in [7, 11) is 1.32. The summed E-state index contributed by atoms with van der Waals surface area (Å²) in [6.45, 7) is 3.76. The molecule has 0 amide bonds. The van der Waals surface area contributed by atoms with Gasteiger partial charge in [0.15, 0.2) is 0 Å². The van der Waals surface area contributed by atoms with Crippen LogP contribution >= 0.6 is 0 Å². The van der Waals surface area contributed by atoms with Gasteiger partial charge in [-0.2, -0.15) is 0 Å². The Labute approximate surface area is 157 Å². The number of methoxy groups -OCH3 is 1. The molecule has 0 unspecified atom stereocenters. The summed E-state index contributed by atoms with van der Waals surface area (Å²) in [5, 5.41) is 3.03. The number of hydrogen-bond acceptors (Lipinski definition) is 4. The molecule has 6 heteroatoms. The molecule has 0 aliphatic rings. The highest BCUT2D eigenvalue weighted by Gasteiger charge is 2.20. The van der Waals surface area contributed by atoms with Crippen molar-refractivity contribution in [2.75, 3.05) is 7.11 Å². The number of aryl methyl sites for hydroxylation is 1. The number of ether oxygens (including phenoxy) is 1. The van der Waals surface area contributed by atoms with Gasteiger partial charge >= 0.3 is 5.97 Å². The van der Waals surface area contributed by atoms with Crippen molar-refractivity contribution in [1.82, 2.24) is 9.78 Å². The SMILES string of the molecule is COC(=O)Cc1[nH]n(-c2ccccc2)c(=O)c1C(C)=Nc1ccc(C)cc1. The lowest BCUT2D eigenvalue weighted by Crippen LogP contribution is -2.20. The van der Waals surface area contributed by atoms with Crippen molar-refractivity contribution in [2.24, 2.45) is 4.99 Å². The maximum absolute atomic E-state index is 13.0. The third-order valence-electron chi connectivity index (χ3n) is 4.22.